The van der Waals surface area contributed by atoms with Gasteiger partial charge in [-0.25, -0.2) is 8.42 Å². The summed E-state index contributed by atoms with van der Waals surface area (Å²) in [6.45, 7) is 7.13. The van der Waals surface area contributed by atoms with Gasteiger partial charge in [0.25, 0.3) is 0 Å². The second-order valence-corrected chi connectivity index (χ2v) is 10.9. The predicted molar refractivity (Wildman–Crippen MR) is 132 cm³/mol. The van der Waals surface area contributed by atoms with Crippen molar-refractivity contribution >= 4 is 39.5 Å². The second-order valence-electron chi connectivity index (χ2n) is 9.20. The third kappa shape index (κ3) is 5.91. The second kappa shape index (κ2) is 9.36. The van der Waals surface area contributed by atoms with Crippen molar-refractivity contribution in [2.45, 2.75) is 45.4 Å². The first kappa shape index (κ1) is 23.9. The molecule has 2 aromatic rings. The summed E-state index contributed by atoms with van der Waals surface area (Å²) in [5.74, 6) is 0.947. The molecule has 2 aromatic carbocycles. The molecule has 7 heteroatoms. The smallest absolute Gasteiger partial charge is 0.229 e. The van der Waals surface area contributed by atoms with Crippen molar-refractivity contribution in [2.75, 3.05) is 29.5 Å². The number of carbonyl (C=O) groups is 1. The minimum absolute atomic E-state index is 0.158. The van der Waals surface area contributed by atoms with Crippen LogP contribution < -0.4 is 14.4 Å². The van der Waals surface area contributed by atoms with E-state index >= 15 is 0 Å². The molecule has 0 bridgehead atoms. The normalized spacial score (nSPS) is 15.3. The Hall–Kier alpha value is -2.80. The van der Waals surface area contributed by atoms with Gasteiger partial charge < -0.3 is 9.64 Å². The van der Waals surface area contributed by atoms with Crippen molar-refractivity contribution in [2.24, 2.45) is 0 Å². The highest BCUT2D eigenvalue weighted by molar-refractivity contribution is 7.92. The lowest BCUT2D eigenvalue weighted by molar-refractivity contribution is -0.119. The van der Waals surface area contributed by atoms with Crippen LogP contribution in [0.1, 0.15) is 56.7 Å². The van der Waals surface area contributed by atoms with Crippen molar-refractivity contribution in [3.05, 3.63) is 53.1 Å². The van der Waals surface area contributed by atoms with Crippen LogP contribution in [0.25, 0.3) is 12.2 Å². The van der Waals surface area contributed by atoms with Gasteiger partial charge in [0.05, 0.1) is 13.4 Å². The van der Waals surface area contributed by atoms with Gasteiger partial charge in [0.15, 0.2) is 0 Å². The molecule has 0 atom stereocenters. The lowest BCUT2D eigenvalue weighted by Gasteiger charge is -2.30. The van der Waals surface area contributed by atoms with Gasteiger partial charge in [-0.2, -0.15) is 0 Å². The fourth-order valence-corrected chi connectivity index (χ4v) is 4.41. The predicted octanol–water partition coefficient (Wildman–Crippen LogP) is 5.05. The number of amides is 1. The summed E-state index contributed by atoms with van der Waals surface area (Å²) >= 11 is 0. The van der Waals surface area contributed by atoms with Crippen molar-refractivity contribution in [1.29, 1.82) is 0 Å². The summed E-state index contributed by atoms with van der Waals surface area (Å²) in [6.07, 6.45) is 7.58. The summed E-state index contributed by atoms with van der Waals surface area (Å²) in [5, 5.41) is 0. The first-order valence-electron chi connectivity index (χ1n) is 10.8. The molecule has 0 aliphatic carbocycles. The zero-order valence-corrected chi connectivity index (χ0v) is 20.3. The minimum atomic E-state index is -3.31. The molecule has 3 rings (SSSR count). The van der Waals surface area contributed by atoms with E-state index in [1.54, 1.807) is 19.2 Å². The standard InChI is InChI=1S/C25H32N2O4S/c1-25(2,3)22-17-21(27-15-7-6-8-23(27)28)16-19(24(22)31-4)12-9-18-10-13-20(14-11-18)26-32(5,29)30/h9-14,16-17,26H,6-8,15H2,1-5H3. The Bertz CT molecular complexity index is 1110. The van der Waals surface area contributed by atoms with E-state index in [4.69, 9.17) is 4.74 Å². The highest BCUT2D eigenvalue weighted by Crippen LogP contribution is 2.39. The molecule has 0 spiro atoms. The zero-order chi connectivity index (χ0) is 23.5. The summed E-state index contributed by atoms with van der Waals surface area (Å²) in [4.78, 5) is 14.4. The fraction of sp³-hybridized carbons (Fsp3) is 0.400. The van der Waals surface area contributed by atoms with E-state index in [9.17, 15) is 13.2 Å². The molecular weight excluding hydrogens is 424 g/mol. The average molecular weight is 457 g/mol. The van der Waals surface area contributed by atoms with Gasteiger partial charge in [0.1, 0.15) is 5.75 Å². The van der Waals surface area contributed by atoms with E-state index in [1.807, 2.05) is 35.3 Å². The third-order valence-corrected chi connectivity index (χ3v) is 6.03. The van der Waals surface area contributed by atoms with E-state index in [1.165, 1.54) is 0 Å². The highest BCUT2D eigenvalue weighted by atomic mass is 32.2. The molecule has 0 unspecified atom stereocenters. The SMILES string of the molecule is COc1c(C=Cc2ccc(NS(C)(=O)=O)cc2)cc(N2CCCCC2=O)cc1C(C)(C)C. The summed E-state index contributed by atoms with van der Waals surface area (Å²) in [5.41, 5.74) is 4.11. The molecule has 6 nitrogen and oxygen atoms in total. The van der Waals surface area contributed by atoms with Gasteiger partial charge in [-0.15, -0.1) is 0 Å². The number of rotatable bonds is 6. The van der Waals surface area contributed by atoms with Crippen LogP contribution in [0, 0.1) is 0 Å². The minimum Gasteiger partial charge on any atom is -0.496 e. The van der Waals surface area contributed by atoms with Crippen LogP contribution in [-0.2, 0) is 20.2 Å². The van der Waals surface area contributed by atoms with Crippen LogP contribution in [0.4, 0.5) is 11.4 Å². The Kier molecular flexibility index (Phi) is 6.98. The number of nitrogens with zero attached hydrogens (tertiary/aromatic N) is 1. The number of methoxy groups -OCH3 is 1. The number of benzene rings is 2. The van der Waals surface area contributed by atoms with E-state index < -0.39 is 10.0 Å². The first-order valence-corrected chi connectivity index (χ1v) is 12.7. The van der Waals surface area contributed by atoms with Gasteiger partial charge >= 0.3 is 0 Å². The van der Waals surface area contributed by atoms with Crippen molar-refractivity contribution in [3.8, 4) is 5.75 Å². The average Bonchev–Trinajstić information content (AvgIpc) is 2.71. The third-order valence-electron chi connectivity index (χ3n) is 5.42. The Morgan fingerprint density at radius 1 is 1.06 bits per heavy atom. The lowest BCUT2D eigenvalue weighted by Crippen LogP contribution is -2.35. The molecule has 1 heterocycles. The van der Waals surface area contributed by atoms with Crippen molar-refractivity contribution in [3.63, 3.8) is 0 Å². The van der Waals surface area contributed by atoms with Crippen molar-refractivity contribution < 1.29 is 17.9 Å². The molecule has 32 heavy (non-hydrogen) atoms. The molecule has 1 fully saturated rings. The van der Waals surface area contributed by atoms with Crippen LogP contribution in [0.15, 0.2) is 36.4 Å². The summed E-state index contributed by atoms with van der Waals surface area (Å²) < 4.78 is 31.1. The monoisotopic (exact) mass is 456 g/mol. The number of carbonyl (C=O) groups excluding carboxylic acids is 1. The highest BCUT2D eigenvalue weighted by Gasteiger charge is 2.26. The van der Waals surface area contributed by atoms with Crippen LogP contribution >= 0.6 is 0 Å². The number of sulfonamides is 1. The van der Waals surface area contributed by atoms with Gasteiger partial charge in [0.2, 0.25) is 15.9 Å². The maximum Gasteiger partial charge on any atom is 0.229 e. The van der Waals surface area contributed by atoms with Crippen LogP contribution in [0.3, 0.4) is 0 Å². The van der Waals surface area contributed by atoms with Gasteiger partial charge in [-0.05, 0) is 48.1 Å². The zero-order valence-electron chi connectivity index (χ0n) is 19.4. The molecule has 0 aromatic heterocycles. The molecule has 1 amide bonds. The number of hydrogen-bond acceptors (Lipinski definition) is 4. The number of hydrogen-bond donors (Lipinski definition) is 1. The van der Waals surface area contributed by atoms with E-state index in [0.717, 1.165) is 53.8 Å². The fourth-order valence-electron chi connectivity index (χ4n) is 3.84. The summed E-state index contributed by atoms with van der Waals surface area (Å²) in [7, 11) is -1.64. The van der Waals surface area contributed by atoms with E-state index in [0.29, 0.717) is 12.1 Å². The molecule has 0 radical (unpaired) electrons. The molecule has 172 valence electrons. The first-order chi connectivity index (χ1) is 15.0. The molecular formula is C25H32N2O4S. The molecule has 1 aliphatic heterocycles. The lowest BCUT2D eigenvalue weighted by atomic mass is 9.84. The maximum atomic E-state index is 12.6. The molecule has 0 saturated carbocycles. The number of nitrogens with one attached hydrogen (secondary N) is 1. The molecule has 1 saturated heterocycles. The number of piperidine rings is 1. The van der Waals surface area contributed by atoms with Gasteiger partial charge in [-0.1, -0.05) is 45.1 Å². The van der Waals surface area contributed by atoms with Crippen molar-refractivity contribution in [1.82, 2.24) is 0 Å². The van der Waals surface area contributed by atoms with Crippen LogP contribution in [0.5, 0.6) is 5.75 Å². The van der Waals surface area contributed by atoms with Crippen LogP contribution in [0.2, 0.25) is 0 Å². The molecule has 1 aliphatic rings. The van der Waals surface area contributed by atoms with Gasteiger partial charge in [0, 0.05) is 35.5 Å². The maximum absolute atomic E-state index is 12.6. The summed E-state index contributed by atoms with van der Waals surface area (Å²) in [6, 6.07) is 11.2. The van der Waals surface area contributed by atoms with E-state index in [-0.39, 0.29) is 11.3 Å². The quantitative estimate of drug-likeness (QED) is 0.617. The Balaban J connectivity index is 2.00. The Morgan fingerprint density at radius 2 is 1.75 bits per heavy atom. The topological polar surface area (TPSA) is 75.7 Å². The number of ether oxygens (including phenoxy) is 1. The molecule has 1 N–H and O–H groups in total. The van der Waals surface area contributed by atoms with Gasteiger partial charge in [-0.3, -0.25) is 9.52 Å². The Labute approximate surface area is 191 Å². The number of anilines is 2. The Morgan fingerprint density at radius 3 is 2.31 bits per heavy atom. The largest absolute Gasteiger partial charge is 0.496 e. The van der Waals surface area contributed by atoms with E-state index in [2.05, 4.69) is 31.6 Å². The van der Waals surface area contributed by atoms with Crippen LogP contribution in [-0.4, -0.2) is 34.2 Å².